The number of anilines is 1. The molecule has 0 saturated carbocycles. The van der Waals surface area contributed by atoms with E-state index in [0.717, 1.165) is 57.7 Å². The average Bonchev–Trinajstić information content (AvgIpc) is 2.67. The number of carbonyl (C=O) groups is 1. The topological polar surface area (TPSA) is 47.0 Å². The van der Waals surface area contributed by atoms with Gasteiger partial charge in [0.2, 0.25) is 5.91 Å². The molecule has 1 aromatic carbocycles. The Kier molecular flexibility index (Phi) is 5.84. The molecule has 25 heavy (non-hydrogen) atoms. The van der Waals surface area contributed by atoms with Gasteiger partial charge in [0.1, 0.15) is 5.75 Å². The number of carbonyl (C=O) groups excluding carboxylic acids is 1. The maximum Gasteiger partial charge on any atom is 0.239 e. The summed E-state index contributed by atoms with van der Waals surface area (Å²) >= 11 is 0. The van der Waals surface area contributed by atoms with E-state index in [2.05, 4.69) is 28.5 Å². The van der Waals surface area contributed by atoms with Crippen molar-refractivity contribution in [2.75, 3.05) is 37.6 Å². The number of phenols is 1. The summed E-state index contributed by atoms with van der Waals surface area (Å²) in [7, 11) is 0. The molecule has 5 nitrogen and oxygen atoms in total. The zero-order valence-electron chi connectivity index (χ0n) is 15.5. The van der Waals surface area contributed by atoms with Crippen LogP contribution in [0.5, 0.6) is 5.75 Å². The maximum atomic E-state index is 13.0. The van der Waals surface area contributed by atoms with Gasteiger partial charge in [0.25, 0.3) is 0 Å². The van der Waals surface area contributed by atoms with Crippen molar-refractivity contribution >= 4 is 11.6 Å². The zero-order chi connectivity index (χ0) is 17.8. The number of piperazine rings is 1. The van der Waals surface area contributed by atoms with Gasteiger partial charge in [0, 0.05) is 38.8 Å². The first kappa shape index (κ1) is 18.1. The maximum absolute atomic E-state index is 13.0. The van der Waals surface area contributed by atoms with E-state index in [1.54, 1.807) is 6.07 Å². The van der Waals surface area contributed by atoms with Gasteiger partial charge in [-0.3, -0.25) is 9.69 Å². The van der Waals surface area contributed by atoms with Crippen LogP contribution in [0.1, 0.15) is 39.5 Å². The van der Waals surface area contributed by atoms with E-state index in [1.165, 1.54) is 6.42 Å². The Morgan fingerprint density at radius 1 is 1.16 bits per heavy atom. The van der Waals surface area contributed by atoms with Gasteiger partial charge in [0.15, 0.2) is 0 Å². The minimum absolute atomic E-state index is 0.0568. The van der Waals surface area contributed by atoms with Crippen LogP contribution in [0.2, 0.25) is 0 Å². The molecule has 2 heterocycles. The largest absolute Gasteiger partial charge is 0.506 e. The Labute approximate surface area is 151 Å². The van der Waals surface area contributed by atoms with Gasteiger partial charge in [0.05, 0.1) is 11.7 Å². The van der Waals surface area contributed by atoms with Crippen molar-refractivity contribution < 1.29 is 9.90 Å². The molecular formula is C20H31N3O2. The quantitative estimate of drug-likeness (QED) is 0.911. The lowest BCUT2D eigenvalue weighted by molar-refractivity contribution is -0.140. The van der Waals surface area contributed by atoms with Crippen LogP contribution < -0.4 is 4.90 Å². The summed E-state index contributed by atoms with van der Waals surface area (Å²) in [6.45, 7) is 8.54. The number of amides is 1. The molecule has 5 heteroatoms. The fraction of sp³-hybridized carbons (Fsp3) is 0.650. The molecule has 2 aliphatic heterocycles. The summed E-state index contributed by atoms with van der Waals surface area (Å²) in [5.74, 6) is 0.627. The van der Waals surface area contributed by atoms with E-state index in [9.17, 15) is 9.90 Å². The van der Waals surface area contributed by atoms with E-state index in [-0.39, 0.29) is 6.04 Å². The van der Waals surface area contributed by atoms with Gasteiger partial charge in [-0.15, -0.1) is 0 Å². The Morgan fingerprint density at radius 2 is 1.88 bits per heavy atom. The van der Waals surface area contributed by atoms with E-state index in [4.69, 9.17) is 0 Å². The lowest BCUT2D eigenvalue weighted by Gasteiger charge is -2.42. The van der Waals surface area contributed by atoms with Crippen LogP contribution in [0, 0.1) is 0 Å². The standard InChI is InChI=1S/C20H31N3O2/c1-3-17-8-6-7-11-23(17)20(25)16(2)21-12-14-22(15-13-21)18-9-4-5-10-19(18)24/h4-5,9-10,16-17,24H,3,6-8,11-15H2,1-2H3. The van der Waals surface area contributed by atoms with Crippen LogP contribution in [0.3, 0.4) is 0 Å². The molecule has 2 atom stereocenters. The summed E-state index contributed by atoms with van der Waals surface area (Å²) in [4.78, 5) is 19.6. The summed E-state index contributed by atoms with van der Waals surface area (Å²) in [6, 6.07) is 7.85. The van der Waals surface area contributed by atoms with Gasteiger partial charge in [-0.05, 0) is 44.7 Å². The van der Waals surface area contributed by atoms with Crippen molar-refractivity contribution in [1.82, 2.24) is 9.80 Å². The first-order valence-electron chi connectivity index (χ1n) is 9.69. The Bertz CT molecular complexity index is 584. The minimum Gasteiger partial charge on any atom is -0.506 e. The number of nitrogens with zero attached hydrogens (tertiary/aromatic N) is 3. The molecule has 3 rings (SSSR count). The number of aromatic hydroxyl groups is 1. The third-order valence-electron chi connectivity index (χ3n) is 5.82. The molecule has 2 aliphatic rings. The molecule has 1 amide bonds. The molecule has 1 aromatic rings. The second-order valence-corrected chi connectivity index (χ2v) is 7.28. The SMILES string of the molecule is CCC1CCCCN1C(=O)C(C)N1CCN(c2ccccc2O)CC1. The Balaban J connectivity index is 1.58. The van der Waals surface area contributed by atoms with Crippen molar-refractivity contribution in [2.24, 2.45) is 0 Å². The van der Waals surface area contributed by atoms with Crippen LogP contribution in [0.4, 0.5) is 5.69 Å². The van der Waals surface area contributed by atoms with Crippen molar-refractivity contribution in [1.29, 1.82) is 0 Å². The fourth-order valence-electron chi connectivity index (χ4n) is 4.19. The monoisotopic (exact) mass is 345 g/mol. The molecule has 0 aromatic heterocycles. The van der Waals surface area contributed by atoms with Crippen molar-refractivity contribution in [3.63, 3.8) is 0 Å². The van der Waals surface area contributed by atoms with Crippen molar-refractivity contribution in [3.8, 4) is 5.75 Å². The van der Waals surface area contributed by atoms with E-state index in [0.29, 0.717) is 17.7 Å². The molecular weight excluding hydrogens is 314 g/mol. The highest BCUT2D eigenvalue weighted by Gasteiger charge is 2.32. The number of phenolic OH excluding ortho intramolecular Hbond substituents is 1. The van der Waals surface area contributed by atoms with E-state index < -0.39 is 0 Å². The highest BCUT2D eigenvalue weighted by atomic mass is 16.3. The lowest BCUT2D eigenvalue weighted by Crippen LogP contribution is -2.56. The summed E-state index contributed by atoms with van der Waals surface area (Å²) in [5.41, 5.74) is 0.892. The highest BCUT2D eigenvalue weighted by Crippen LogP contribution is 2.28. The van der Waals surface area contributed by atoms with Gasteiger partial charge in [-0.1, -0.05) is 19.1 Å². The first-order valence-corrected chi connectivity index (χ1v) is 9.69. The minimum atomic E-state index is -0.0568. The molecule has 2 fully saturated rings. The number of rotatable bonds is 4. The number of piperidine rings is 1. The number of hydrogen-bond acceptors (Lipinski definition) is 4. The number of para-hydroxylation sites is 2. The van der Waals surface area contributed by atoms with Crippen molar-refractivity contribution in [3.05, 3.63) is 24.3 Å². The Hall–Kier alpha value is -1.75. The summed E-state index contributed by atoms with van der Waals surface area (Å²) in [5, 5.41) is 10.0. The van der Waals surface area contributed by atoms with Gasteiger partial charge in [-0.2, -0.15) is 0 Å². The van der Waals surface area contributed by atoms with Crippen molar-refractivity contribution in [2.45, 2.75) is 51.6 Å². The van der Waals surface area contributed by atoms with Gasteiger partial charge >= 0.3 is 0 Å². The van der Waals surface area contributed by atoms with Gasteiger partial charge in [-0.25, -0.2) is 0 Å². The zero-order valence-corrected chi connectivity index (χ0v) is 15.5. The summed E-state index contributed by atoms with van der Waals surface area (Å²) in [6.07, 6.45) is 4.58. The molecule has 2 saturated heterocycles. The van der Waals surface area contributed by atoms with Crippen LogP contribution >= 0.6 is 0 Å². The van der Waals surface area contributed by atoms with Crippen LogP contribution in [-0.4, -0.2) is 65.6 Å². The van der Waals surface area contributed by atoms with E-state index >= 15 is 0 Å². The molecule has 0 aliphatic carbocycles. The molecule has 2 unspecified atom stereocenters. The second kappa shape index (κ2) is 8.09. The third kappa shape index (κ3) is 3.92. The highest BCUT2D eigenvalue weighted by molar-refractivity contribution is 5.82. The second-order valence-electron chi connectivity index (χ2n) is 7.28. The number of hydrogen-bond donors (Lipinski definition) is 1. The normalized spacial score (nSPS) is 23.5. The fourth-order valence-corrected chi connectivity index (χ4v) is 4.19. The lowest BCUT2D eigenvalue weighted by atomic mass is 9.99. The van der Waals surface area contributed by atoms with Crippen LogP contribution in [-0.2, 0) is 4.79 Å². The smallest absolute Gasteiger partial charge is 0.239 e. The molecule has 0 bridgehead atoms. The average molecular weight is 345 g/mol. The number of likely N-dealkylation sites (tertiary alicyclic amines) is 1. The van der Waals surface area contributed by atoms with Crippen LogP contribution in [0.15, 0.2) is 24.3 Å². The molecule has 0 radical (unpaired) electrons. The molecule has 138 valence electrons. The predicted octanol–water partition coefficient (Wildman–Crippen LogP) is 2.69. The van der Waals surface area contributed by atoms with Crippen LogP contribution in [0.25, 0.3) is 0 Å². The predicted molar refractivity (Wildman–Crippen MR) is 101 cm³/mol. The summed E-state index contributed by atoms with van der Waals surface area (Å²) < 4.78 is 0. The Morgan fingerprint density at radius 3 is 2.56 bits per heavy atom. The molecule has 1 N–H and O–H groups in total. The van der Waals surface area contributed by atoms with E-state index in [1.807, 2.05) is 18.2 Å². The first-order chi connectivity index (χ1) is 12.1. The van der Waals surface area contributed by atoms with Gasteiger partial charge < -0.3 is 14.9 Å². The number of benzene rings is 1. The molecule has 0 spiro atoms. The third-order valence-corrected chi connectivity index (χ3v) is 5.82.